The van der Waals surface area contributed by atoms with Crippen molar-refractivity contribution in [3.63, 3.8) is 0 Å². The second-order valence-electron chi connectivity index (χ2n) is 9.15. The minimum Gasteiger partial charge on any atom is -0.344 e. The predicted octanol–water partition coefficient (Wildman–Crippen LogP) is 5.46. The number of thiazole rings is 1. The first-order valence-electron chi connectivity index (χ1n) is 12.4. The minimum absolute atomic E-state index is 0.165. The summed E-state index contributed by atoms with van der Waals surface area (Å²) in [5, 5.41) is 10.8. The molecule has 0 aliphatic rings. The number of aromatic nitrogens is 5. The van der Waals surface area contributed by atoms with E-state index < -0.39 is 6.04 Å². The van der Waals surface area contributed by atoms with E-state index in [4.69, 9.17) is 0 Å². The van der Waals surface area contributed by atoms with Crippen molar-refractivity contribution in [3.8, 4) is 5.69 Å². The summed E-state index contributed by atoms with van der Waals surface area (Å²) in [6.07, 6.45) is 7.21. The molecule has 2 aromatic carbocycles. The van der Waals surface area contributed by atoms with Gasteiger partial charge in [0.2, 0.25) is 0 Å². The Balaban J connectivity index is 1.47. The maximum atomic E-state index is 14.2. The average molecular weight is 533 g/mol. The second-order valence-corrected chi connectivity index (χ2v) is 9.87. The molecule has 0 saturated carbocycles. The molecule has 0 bridgehead atoms. The Kier molecular flexibility index (Phi) is 6.34. The molecule has 8 nitrogen and oxygen atoms in total. The van der Waals surface area contributed by atoms with Crippen molar-refractivity contribution in [3.05, 3.63) is 123 Å². The zero-order chi connectivity index (χ0) is 26.9. The molecule has 0 fully saturated rings. The molecule has 1 amide bonds. The average Bonchev–Trinajstić information content (AvgIpc) is 3.59. The van der Waals surface area contributed by atoms with Crippen LogP contribution in [0.3, 0.4) is 0 Å². The molecular formula is C30H24N6O2S. The van der Waals surface area contributed by atoms with Gasteiger partial charge in [-0.3, -0.25) is 14.2 Å². The van der Waals surface area contributed by atoms with Gasteiger partial charge in [0, 0.05) is 29.2 Å². The van der Waals surface area contributed by atoms with Crippen molar-refractivity contribution >= 4 is 45.8 Å². The van der Waals surface area contributed by atoms with Crippen molar-refractivity contribution in [2.75, 3.05) is 0 Å². The highest BCUT2D eigenvalue weighted by Crippen LogP contribution is 2.25. The molecule has 0 aliphatic heterocycles. The highest BCUT2D eigenvalue weighted by molar-refractivity contribution is 7.07. The Morgan fingerprint density at radius 1 is 1.05 bits per heavy atom. The van der Waals surface area contributed by atoms with Gasteiger partial charge in [-0.15, -0.1) is 11.3 Å². The molecule has 1 N–H and O–H groups in total. The third-order valence-electron chi connectivity index (χ3n) is 6.60. The largest absolute Gasteiger partial charge is 0.344 e. The normalized spacial score (nSPS) is 12.4. The Morgan fingerprint density at radius 3 is 2.69 bits per heavy atom. The molecule has 0 unspecified atom stereocenters. The van der Waals surface area contributed by atoms with Crippen LogP contribution >= 0.6 is 11.3 Å². The summed E-state index contributed by atoms with van der Waals surface area (Å²) in [5.74, 6) is -0.305. The molecule has 6 rings (SSSR count). The number of carbonyl (C=O) groups is 1. The van der Waals surface area contributed by atoms with Crippen molar-refractivity contribution in [1.82, 2.24) is 29.5 Å². The van der Waals surface area contributed by atoms with Crippen LogP contribution in [0.15, 0.2) is 88.7 Å². The molecule has 4 aromatic heterocycles. The first kappa shape index (κ1) is 24.4. The highest BCUT2D eigenvalue weighted by atomic mass is 32.1. The van der Waals surface area contributed by atoms with Crippen LogP contribution in [0.2, 0.25) is 0 Å². The number of nitrogens with one attached hydrogen (secondary N) is 1. The zero-order valence-electron chi connectivity index (χ0n) is 21.3. The summed E-state index contributed by atoms with van der Waals surface area (Å²) < 4.78 is 3.26. The predicted molar refractivity (Wildman–Crippen MR) is 154 cm³/mol. The van der Waals surface area contributed by atoms with E-state index in [0.717, 1.165) is 16.6 Å². The molecule has 9 heteroatoms. The minimum atomic E-state index is -0.498. The van der Waals surface area contributed by atoms with E-state index >= 15 is 0 Å². The SMILES string of the molecule is Cc1nn2cccnc2c1C(=O)N[C@H](C)c1cc2cccc(/C=C/c3cscn3)c2c(=O)n1-c1ccccc1. The number of fused-ring (bicyclic) bond motifs is 2. The van der Waals surface area contributed by atoms with Gasteiger partial charge in [0.1, 0.15) is 5.56 Å². The van der Waals surface area contributed by atoms with Crippen LogP contribution in [0.1, 0.15) is 46.0 Å². The second kappa shape index (κ2) is 10.1. The number of amides is 1. The van der Waals surface area contributed by atoms with E-state index in [1.165, 1.54) is 11.3 Å². The van der Waals surface area contributed by atoms with Gasteiger partial charge in [0.15, 0.2) is 5.65 Å². The number of benzene rings is 2. The van der Waals surface area contributed by atoms with Crippen molar-refractivity contribution in [2.45, 2.75) is 19.9 Å². The van der Waals surface area contributed by atoms with Crippen LogP contribution in [-0.2, 0) is 0 Å². The first-order chi connectivity index (χ1) is 19.0. The summed E-state index contributed by atoms with van der Waals surface area (Å²) in [6, 6.07) is 18.5. The van der Waals surface area contributed by atoms with Crippen LogP contribution in [-0.4, -0.2) is 30.1 Å². The van der Waals surface area contributed by atoms with Crippen LogP contribution in [0.4, 0.5) is 0 Å². The fourth-order valence-corrected chi connectivity index (χ4v) is 5.32. The van der Waals surface area contributed by atoms with Gasteiger partial charge >= 0.3 is 0 Å². The molecular weight excluding hydrogens is 508 g/mol. The Bertz CT molecular complexity index is 1910. The molecule has 192 valence electrons. The van der Waals surface area contributed by atoms with Crippen LogP contribution in [0.25, 0.3) is 34.3 Å². The van der Waals surface area contributed by atoms with Crippen molar-refractivity contribution in [1.29, 1.82) is 0 Å². The quantitative estimate of drug-likeness (QED) is 0.307. The highest BCUT2D eigenvalue weighted by Gasteiger charge is 2.23. The summed E-state index contributed by atoms with van der Waals surface area (Å²) in [4.78, 5) is 36.3. The van der Waals surface area contributed by atoms with Crippen LogP contribution < -0.4 is 10.9 Å². The van der Waals surface area contributed by atoms with E-state index in [1.807, 2.05) is 79.1 Å². The summed E-state index contributed by atoms with van der Waals surface area (Å²) in [5.41, 5.74) is 6.09. The smallest absolute Gasteiger partial charge is 0.263 e. The van der Waals surface area contributed by atoms with E-state index in [9.17, 15) is 9.59 Å². The number of hydrogen-bond donors (Lipinski definition) is 1. The van der Waals surface area contributed by atoms with Crippen molar-refractivity contribution in [2.24, 2.45) is 0 Å². The van der Waals surface area contributed by atoms with Gasteiger partial charge < -0.3 is 5.32 Å². The maximum Gasteiger partial charge on any atom is 0.263 e. The van der Waals surface area contributed by atoms with Gasteiger partial charge in [-0.25, -0.2) is 14.5 Å². The molecule has 0 saturated heterocycles. The first-order valence-corrected chi connectivity index (χ1v) is 13.4. The van der Waals surface area contributed by atoms with E-state index in [0.29, 0.717) is 33.7 Å². The lowest BCUT2D eigenvalue weighted by molar-refractivity contribution is 0.0939. The number of rotatable bonds is 6. The fourth-order valence-electron chi connectivity index (χ4n) is 4.79. The Hall–Kier alpha value is -4.89. The molecule has 0 spiro atoms. The van der Waals surface area contributed by atoms with Gasteiger partial charge in [0.05, 0.1) is 28.3 Å². The molecule has 1 atom stereocenters. The van der Waals surface area contributed by atoms with E-state index in [2.05, 4.69) is 20.4 Å². The Labute approximate surface area is 227 Å². The molecule has 39 heavy (non-hydrogen) atoms. The van der Waals surface area contributed by atoms with Gasteiger partial charge in [0.25, 0.3) is 11.5 Å². The molecule has 0 radical (unpaired) electrons. The lowest BCUT2D eigenvalue weighted by Gasteiger charge is -2.21. The standard InChI is InChI=1S/C30H24N6O2S/c1-19(33-29(37)26-20(2)34-35-15-7-14-31-28(26)35)25-16-22-9-6-8-21(12-13-23-17-39-18-32-23)27(22)30(38)36(25)24-10-4-3-5-11-24/h3-19H,1-2H3,(H,33,37)/b13-12+/t19-/m1/s1. The van der Waals surface area contributed by atoms with Gasteiger partial charge in [-0.2, -0.15) is 5.10 Å². The van der Waals surface area contributed by atoms with Crippen LogP contribution in [0.5, 0.6) is 0 Å². The Morgan fingerprint density at radius 2 is 1.90 bits per heavy atom. The number of carbonyl (C=O) groups excluding carboxylic acids is 1. The topological polar surface area (TPSA) is 94.2 Å². The third-order valence-corrected chi connectivity index (χ3v) is 7.20. The lowest BCUT2D eigenvalue weighted by Crippen LogP contribution is -2.32. The summed E-state index contributed by atoms with van der Waals surface area (Å²) in [7, 11) is 0. The molecule has 6 aromatic rings. The van der Waals surface area contributed by atoms with Crippen molar-refractivity contribution < 1.29 is 4.79 Å². The fraction of sp³-hybridized carbons (Fsp3) is 0.100. The molecule has 0 aliphatic carbocycles. The number of aryl methyl sites for hydroxylation is 1. The van der Waals surface area contributed by atoms with Gasteiger partial charge in [-0.1, -0.05) is 42.5 Å². The number of nitrogens with zero attached hydrogens (tertiary/aromatic N) is 5. The molecule has 4 heterocycles. The number of pyridine rings is 1. The third kappa shape index (κ3) is 4.53. The number of para-hydroxylation sites is 1. The van der Waals surface area contributed by atoms with Gasteiger partial charge in [-0.05, 0) is 55.1 Å². The van der Waals surface area contributed by atoms with Crippen LogP contribution in [0, 0.1) is 6.92 Å². The van der Waals surface area contributed by atoms with E-state index in [-0.39, 0.29) is 11.5 Å². The maximum absolute atomic E-state index is 14.2. The lowest BCUT2D eigenvalue weighted by atomic mass is 10.0. The van der Waals surface area contributed by atoms with E-state index in [1.54, 1.807) is 40.0 Å². The zero-order valence-corrected chi connectivity index (χ0v) is 22.1. The number of hydrogen-bond acceptors (Lipinski definition) is 6. The summed E-state index contributed by atoms with van der Waals surface area (Å²) in [6.45, 7) is 3.66. The monoisotopic (exact) mass is 532 g/mol. The summed E-state index contributed by atoms with van der Waals surface area (Å²) >= 11 is 1.52.